The van der Waals surface area contributed by atoms with Gasteiger partial charge in [-0.1, -0.05) is 0 Å². The molecule has 0 aliphatic carbocycles. The molecule has 1 heterocycles. The molecule has 8 nitrogen and oxygen atoms in total. The number of amides is 2. The number of urea groups is 1. The maximum atomic E-state index is 12.3. The summed E-state index contributed by atoms with van der Waals surface area (Å²) >= 11 is 0. The van der Waals surface area contributed by atoms with E-state index in [9.17, 15) is 9.59 Å². The normalized spacial score (nSPS) is 11.2. The second-order valence-electron chi connectivity index (χ2n) is 6.75. The zero-order chi connectivity index (χ0) is 18.6. The summed E-state index contributed by atoms with van der Waals surface area (Å²) in [5.74, 6) is 1.30. The lowest BCUT2D eigenvalue weighted by molar-refractivity contribution is 0.231. The summed E-state index contributed by atoms with van der Waals surface area (Å²) in [7, 11) is 3.27. The first-order valence-electron chi connectivity index (χ1n) is 8.05. The molecule has 2 amide bonds. The highest BCUT2D eigenvalue weighted by molar-refractivity contribution is 5.74. The Kier molecular flexibility index (Phi) is 5.51. The highest BCUT2D eigenvalue weighted by atomic mass is 16.5. The lowest BCUT2D eigenvalue weighted by Gasteiger charge is -2.20. The quantitative estimate of drug-likeness (QED) is 0.854. The third-order valence-corrected chi connectivity index (χ3v) is 3.49. The van der Waals surface area contributed by atoms with Crippen LogP contribution in [-0.4, -0.2) is 39.6 Å². The molecular weight excluding hydrogens is 322 g/mol. The first kappa shape index (κ1) is 18.6. The third-order valence-electron chi connectivity index (χ3n) is 3.49. The minimum Gasteiger partial charge on any atom is -0.497 e. The number of carbonyl (C=O) groups is 1. The maximum Gasteiger partial charge on any atom is 0.345 e. The molecule has 0 fully saturated rings. The van der Waals surface area contributed by atoms with Crippen LogP contribution >= 0.6 is 0 Å². The minimum atomic E-state index is -0.312. The van der Waals surface area contributed by atoms with Crippen molar-refractivity contribution < 1.29 is 9.53 Å². The van der Waals surface area contributed by atoms with Crippen molar-refractivity contribution in [3.05, 3.63) is 34.7 Å². The first-order valence-corrected chi connectivity index (χ1v) is 8.05. The lowest BCUT2D eigenvalue weighted by Crippen LogP contribution is -2.47. The number of carbonyl (C=O) groups excluding carboxylic acids is 1. The molecular formula is C17H25N5O3. The molecule has 0 radical (unpaired) electrons. The molecule has 0 saturated heterocycles. The van der Waals surface area contributed by atoms with Crippen molar-refractivity contribution in [1.82, 2.24) is 25.0 Å². The highest BCUT2D eigenvalue weighted by Gasteiger charge is 2.14. The number of hydrogen-bond donors (Lipinski definition) is 2. The Hall–Kier alpha value is -2.77. The topological polar surface area (TPSA) is 90.2 Å². The van der Waals surface area contributed by atoms with Crippen LogP contribution in [-0.2, 0) is 13.6 Å². The zero-order valence-corrected chi connectivity index (χ0v) is 15.3. The van der Waals surface area contributed by atoms with Gasteiger partial charge in [0, 0.05) is 24.7 Å². The summed E-state index contributed by atoms with van der Waals surface area (Å²) in [6.45, 7) is 6.30. The molecule has 0 aliphatic rings. The lowest BCUT2D eigenvalue weighted by atomic mass is 10.1. The Bertz CT molecular complexity index is 784. The Morgan fingerprint density at radius 1 is 1.24 bits per heavy atom. The van der Waals surface area contributed by atoms with Gasteiger partial charge in [0.05, 0.1) is 13.7 Å². The van der Waals surface area contributed by atoms with E-state index < -0.39 is 0 Å². The molecule has 0 aliphatic heterocycles. The van der Waals surface area contributed by atoms with Gasteiger partial charge in [-0.25, -0.2) is 14.3 Å². The number of nitrogens with zero attached hydrogens (tertiary/aromatic N) is 3. The number of methoxy groups -OCH3 is 1. The average Bonchev–Trinajstić information content (AvgIpc) is 2.82. The largest absolute Gasteiger partial charge is 0.497 e. The van der Waals surface area contributed by atoms with Crippen LogP contribution in [0.25, 0.3) is 11.4 Å². The van der Waals surface area contributed by atoms with E-state index in [1.165, 1.54) is 9.25 Å². The van der Waals surface area contributed by atoms with Gasteiger partial charge in [-0.15, -0.1) is 5.10 Å². The summed E-state index contributed by atoms with van der Waals surface area (Å²) < 4.78 is 7.96. The molecule has 1 aromatic heterocycles. The van der Waals surface area contributed by atoms with Crippen molar-refractivity contribution in [2.75, 3.05) is 13.7 Å². The van der Waals surface area contributed by atoms with Gasteiger partial charge in [-0.05, 0) is 45.0 Å². The molecule has 25 heavy (non-hydrogen) atoms. The van der Waals surface area contributed by atoms with Crippen molar-refractivity contribution in [1.29, 1.82) is 0 Å². The van der Waals surface area contributed by atoms with E-state index in [1.807, 2.05) is 45.0 Å². The molecule has 1 aromatic carbocycles. The van der Waals surface area contributed by atoms with Crippen LogP contribution in [0.1, 0.15) is 20.8 Å². The van der Waals surface area contributed by atoms with Crippen molar-refractivity contribution in [3.8, 4) is 17.1 Å². The molecule has 0 spiro atoms. The summed E-state index contributed by atoms with van der Waals surface area (Å²) in [5, 5.41) is 9.88. The number of ether oxygens (including phenoxy) is 1. The van der Waals surface area contributed by atoms with Gasteiger partial charge in [-0.3, -0.25) is 4.57 Å². The number of hydrogen-bond acceptors (Lipinski definition) is 4. The molecule has 0 atom stereocenters. The van der Waals surface area contributed by atoms with Crippen LogP contribution in [0.2, 0.25) is 0 Å². The van der Waals surface area contributed by atoms with Crippen LogP contribution in [0.3, 0.4) is 0 Å². The van der Waals surface area contributed by atoms with E-state index in [1.54, 1.807) is 14.2 Å². The van der Waals surface area contributed by atoms with E-state index in [0.29, 0.717) is 18.9 Å². The number of benzene rings is 1. The van der Waals surface area contributed by atoms with Gasteiger partial charge < -0.3 is 15.4 Å². The number of rotatable bonds is 5. The van der Waals surface area contributed by atoms with Crippen LogP contribution in [0.4, 0.5) is 4.79 Å². The van der Waals surface area contributed by atoms with Gasteiger partial charge in [0.15, 0.2) is 5.82 Å². The Morgan fingerprint density at radius 2 is 1.88 bits per heavy atom. The van der Waals surface area contributed by atoms with Gasteiger partial charge in [0.25, 0.3) is 0 Å². The van der Waals surface area contributed by atoms with E-state index >= 15 is 0 Å². The van der Waals surface area contributed by atoms with Gasteiger partial charge in [0.1, 0.15) is 5.75 Å². The second kappa shape index (κ2) is 7.42. The summed E-state index contributed by atoms with van der Waals surface area (Å²) in [6.07, 6.45) is 0. The predicted molar refractivity (Wildman–Crippen MR) is 95.7 cm³/mol. The Morgan fingerprint density at radius 3 is 2.44 bits per heavy atom. The fourth-order valence-corrected chi connectivity index (χ4v) is 2.29. The molecule has 0 bridgehead atoms. The van der Waals surface area contributed by atoms with Crippen molar-refractivity contribution in [2.45, 2.75) is 32.9 Å². The van der Waals surface area contributed by atoms with Crippen molar-refractivity contribution in [2.24, 2.45) is 7.05 Å². The minimum absolute atomic E-state index is 0.233. The molecule has 2 N–H and O–H groups in total. The maximum absolute atomic E-state index is 12.3. The van der Waals surface area contributed by atoms with Crippen molar-refractivity contribution >= 4 is 6.03 Å². The molecule has 2 rings (SSSR count). The molecule has 2 aromatic rings. The monoisotopic (exact) mass is 347 g/mol. The first-order chi connectivity index (χ1) is 11.7. The zero-order valence-electron chi connectivity index (χ0n) is 15.3. The van der Waals surface area contributed by atoms with E-state index in [0.717, 1.165) is 11.3 Å². The molecule has 0 saturated carbocycles. The fraction of sp³-hybridized carbons (Fsp3) is 0.471. The average molecular weight is 347 g/mol. The summed E-state index contributed by atoms with van der Waals surface area (Å²) in [4.78, 5) is 24.0. The van der Waals surface area contributed by atoms with Crippen molar-refractivity contribution in [3.63, 3.8) is 0 Å². The fourth-order valence-electron chi connectivity index (χ4n) is 2.29. The second-order valence-corrected chi connectivity index (χ2v) is 6.75. The summed E-state index contributed by atoms with van der Waals surface area (Å²) in [6, 6.07) is 7.06. The van der Waals surface area contributed by atoms with Crippen LogP contribution in [0, 0.1) is 0 Å². The van der Waals surface area contributed by atoms with Gasteiger partial charge >= 0.3 is 11.7 Å². The molecule has 0 unspecified atom stereocenters. The number of aromatic nitrogens is 3. The molecule has 8 heteroatoms. The highest BCUT2D eigenvalue weighted by Crippen LogP contribution is 2.19. The summed E-state index contributed by atoms with van der Waals surface area (Å²) in [5.41, 5.74) is 0.273. The van der Waals surface area contributed by atoms with Gasteiger partial charge in [-0.2, -0.15) is 0 Å². The van der Waals surface area contributed by atoms with E-state index in [4.69, 9.17) is 4.74 Å². The van der Waals surface area contributed by atoms with Crippen LogP contribution < -0.4 is 21.1 Å². The van der Waals surface area contributed by atoms with Crippen LogP contribution in [0.5, 0.6) is 5.75 Å². The molecule has 136 valence electrons. The standard InChI is InChI=1S/C17H25N5O3/c1-17(2,3)19-15(23)18-10-11-22-16(24)21(4)14(20-22)12-6-8-13(25-5)9-7-12/h6-9H,10-11H2,1-5H3,(H2,18,19,23). The smallest absolute Gasteiger partial charge is 0.345 e. The Labute approximate surface area is 146 Å². The SMILES string of the molecule is COc1ccc(-c2nn(CCNC(=O)NC(C)(C)C)c(=O)n2C)cc1. The predicted octanol–water partition coefficient (Wildman–Crippen LogP) is 1.36. The number of nitrogens with one attached hydrogen (secondary N) is 2. The van der Waals surface area contributed by atoms with E-state index in [2.05, 4.69) is 15.7 Å². The third kappa shape index (κ3) is 4.85. The van der Waals surface area contributed by atoms with E-state index in [-0.39, 0.29) is 17.3 Å². The Balaban J connectivity index is 2.05. The van der Waals surface area contributed by atoms with Gasteiger partial charge in [0.2, 0.25) is 0 Å². The van der Waals surface area contributed by atoms with Crippen LogP contribution in [0.15, 0.2) is 29.1 Å².